The van der Waals surface area contributed by atoms with Crippen molar-refractivity contribution >= 4 is 23.5 Å². The molecule has 1 aromatic carbocycles. The summed E-state index contributed by atoms with van der Waals surface area (Å²) in [6.45, 7) is 8.49. The molecule has 0 bridgehead atoms. The molecule has 2 heterocycles. The van der Waals surface area contributed by atoms with Gasteiger partial charge in [-0.2, -0.15) is 5.10 Å². The lowest BCUT2D eigenvalue weighted by molar-refractivity contribution is -0.142. The lowest BCUT2D eigenvalue weighted by atomic mass is 9.99. The maximum absolute atomic E-state index is 13.2. The highest BCUT2D eigenvalue weighted by Crippen LogP contribution is 2.33. The zero-order valence-electron chi connectivity index (χ0n) is 15.9. The number of carboxylic acids is 1. The van der Waals surface area contributed by atoms with Crippen LogP contribution in [-0.2, 0) is 10.3 Å². The smallest absolute Gasteiger partial charge is 0.308 e. The number of aliphatic carboxylic acids is 1. The van der Waals surface area contributed by atoms with Crippen molar-refractivity contribution in [1.29, 1.82) is 0 Å². The quantitative estimate of drug-likeness (QED) is 0.867. The second kappa shape index (κ2) is 7.00. The molecule has 1 N–H and O–H groups in total. The Balaban J connectivity index is 2.04. The summed E-state index contributed by atoms with van der Waals surface area (Å²) in [7, 11) is 0. The van der Waals surface area contributed by atoms with Gasteiger partial charge < -0.3 is 10.0 Å². The van der Waals surface area contributed by atoms with Gasteiger partial charge in [-0.3, -0.25) is 14.3 Å². The number of likely N-dealkylation sites (tertiary alicyclic amines) is 1. The molecule has 3 rings (SSSR count). The summed E-state index contributed by atoms with van der Waals surface area (Å²) in [6, 6.07) is 7.28. The van der Waals surface area contributed by atoms with Crippen LogP contribution in [0.15, 0.2) is 30.5 Å². The summed E-state index contributed by atoms with van der Waals surface area (Å²) in [6.07, 6.45) is 1.74. The standard InChI is InChI=1S/C20H24ClN3O3/c1-12-9-23(10-14(12)19(26)27)18(25)15-11-24(20(2,3)4)22-17(15)13-7-5-6-8-16(13)21/h5-8,11-12,14H,9-10H2,1-4H3,(H,26,27)/t12-,14-/m1/s1. The van der Waals surface area contributed by atoms with Gasteiger partial charge in [0.2, 0.25) is 0 Å². The summed E-state index contributed by atoms with van der Waals surface area (Å²) in [5.74, 6) is -1.71. The van der Waals surface area contributed by atoms with Crippen LogP contribution in [0.2, 0.25) is 5.02 Å². The van der Waals surface area contributed by atoms with Gasteiger partial charge in [0.05, 0.1) is 22.0 Å². The molecule has 0 aliphatic carbocycles. The molecule has 1 amide bonds. The van der Waals surface area contributed by atoms with E-state index in [-0.39, 0.29) is 23.9 Å². The van der Waals surface area contributed by atoms with Crippen LogP contribution in [0.3, 0.4) is 0 Å². The molecule has 27 heavy (non-hydrogen) atoms. The number of nitrogens with zero attached hydrogens (tertiary/aromatic N) is 3. The Labute approximate surface area is 163 Å². The first-order valence-corrected chi connectivity index (χ1v) is 9.34. The topological polar surface area (TPSA) is 75.4 Å². The van der Waals surface area contributed by atoms with Crippen LogP contribution in [0.25, 0.3) is 11.3 Å². The summed E-state index contributed by atoms with van der Waals surface area (Å²) in [4.78, 5) is 26.3. The molecule has 1 fully saturated rings. The fourth-order valence-electron chi connectivity index (χ4n) is 3.35. The molecule has 1 aromatic heterocycles. The number of carboxylic acid groups (broad SMARTS) is 1. The highest BCUT2D eigenvalue weighted by Gasteiger charge is 2.38. The van der Waals surface area contributed by atoms with Gasteiger partial charge in [0.1, 0.15) is 5.69 Å². The van der Waals surface area contributed by atoms with Crippen LogP contribution in [-0.4, -0.2) is 44.8 Å². The van der Waals surface area contributed by atoms with Gasteiger partial charge in [0.25, 0.3) is 5.91 Å². The van der Waals surface area contributed by atoms with E-state index < -0.39 is 11.9 Å². The Morgan fingerprint density at radius 3 is 2.44 bits per heavy atom. The van der Waals surface area contributed by atoms with Crippen LogP contribution in [0, 0.1) is 11.8 Å². The normalized spacial score (nSPS) is 20.1. The molecule has 0 radical (unpaired) electrons. The van der Waals surface area contributed by atoms with E-state index in [1.807, 2.05) is 45.9 Å². The number of benzene rings is 1. The Bertz CT molecular complexity index is 885. The number of amides is 1. The van der Waals surface area contributed by atoms with Crippen molar-refractivity contribution in [3.63, 3.8) is 0 Å². The predicted molar refractivity (Wildman–Crippen MR) is 104 cm³/mol. The molecule has 144 valence electrons. The summed E-state index contributed by atoms with van der Waals surface area (Å²) in [5.41, 5.74) is 1.34. The first-order valence-electron chi connectivity index (χ1n) is 8.96. The third-order valence-corrected chi connectivity index (χ3v) is 5.31. The molecule has 1 aliphatic heterocycles. The zero-order valence-corrected chi connectivity index (χ0v) is 16.7. The van der Waals surface area contributed by atoms with Crippen molar-refractivity contribution in [2.45, 2.75) is 33.2 Å². The van der Waals surface area contributed by atoms with Crippen molar-refractivity contribution in [3.05, 3.63) is 41.0 Å². The van der Waals surface area contributed by atoms with Crippen molar-refractivity contribution in [2.75, 3.05) is 13.1 Å². The van der Waals surface area contributed by atoms with E-state index in [1.165, 1.54) is 0 Å². The van der Waals surface area contributed by atoms with Gasteiger partial charge in [-0.25, -0.2) is 0 Å². The highest BCUT2D eigenvalue weighted by molar-refractivity contribution is 6.33. The summed E-state index contributed by atoms with van der Waals surface area (Å²) >= 11 is 6.35. The first-order chi connectivity index (χ1) is 12.6. The monoisotopic (exact) mass is 389 g/mol. The molecular weight excluding hydrogens is 366 g/mol. The number of carbonyl (C=O) groups excluding carboxylic acids is 1. The third-order valence-electron chi connectivity index (χ3n) is 4.98. The lowest BCUT2D eigenvalue weighted by Crippen LogP contribution is -2.30. The van der Waals surface area contributed by atoms with Gasteiger partial charge >= 0.3 is 5.97 Å². The molecule has 2 atom stereocenters. The van der Waals surface area contributed by atoms with Gasteiger partial charge in [-0.1, -0.05) is 36.7 Å². The van der Waals surface area contributed by atoms with Crippen LogP contribution in [0.4, 0.5) is 0 Å². The minimum atomic E-state index is -0.866. The molecular formula is C20H24ClN3O3. The first kappa shape index (κ1) is 19.4. The predicted octanol–water partition coefficient (Wildman–Crippen LogP) is 3.75. The second-order valence-electron chi connectivity index (χ2n) is 8.12. The SMILES string of the molecule is C[C@@H]1CN(C(=O)c2cn(C(C)(C)C)nc2-c2ccccc2Cl)C[C@H]1C(=O)O. The molecule has 2 aromatic rings. The van der Waals surface area contributed by atoms with Crippen molar-refractivity contribution in [2.24, 2.45) is 11.8 Å². The van der Waals surface area contributed by atoms with E-state index >= 15 is 0 Å². The van der Waals surface area contributed by atoms with E-state index in [4.69, 9.17) is 11.6 Å². The average Bonchev–Trinajstić information content (AvgIpc) is 3.18. The largest absolute Gasteiger partial charge is 0.481 e. The van der Waals surface area contributed by atoms with E-state index in [2.05, 4.69) is 5.10 Å². The maximum atomic E-state index is 13.2. The lowest BCUT2D eigenvalue weighted by Gasteiger charge is -2.19. The third kappa shape index (κ3) is 3.72. The number of hydrogen-bond acceptors (Lipinski definition) is 3. The van der Waals surface area contributed by atoms with Crippen LogP contribution < -0.4 is 0 Å². The van der Waals surface area contributed by atoms with Crippen LogP contribution >= 0.6 is 11.6 Å². The Kier molecular flexibility index (Phi) is 5.04. The number of halogens is 1. The van der Waals surface area contributed by atoms with E-state index in [9.17, 15) is 14.7 Å². The van der Waals surface area contributed by atoms with E-state index in [0.29, 0.717) is 28.4 Å². The van der Waals surface area contributed by atoms with Crippen molar-refractivity contribution in [3.8, 4) is 11.3 Å². The fourth-order valence-corrected chi connectivity index (χ4v) is 3.58. The minimum absolute atomic E-state index is 0.0899. The molecule has 6 nitrogen and oxygen atoms in total. The Hall–Kier alpha value is -2.34. The van der Waals surface area contributed by atoms with Gasteiger partial charge in [0, 0.05) is 24.8 Å². The van der Waals surface area contributed by atoms with Crippen LogP contribution in [0.5, 0.6) is 0 Å². The molecule has 7 heteroatoms. The summed E-state index contributed by atoms with van der Waals surface area (Å²) < 4.78 is 1.76. The number of aromatic nitrogens is 2. The fraction of sp³-hybridized carbons (Fsp3) is 0.450. The second-order valence-corrected chi connectivity index (χ2v) is 8.53. The molecule has 0 unspecified atom stereocenters. The van der Waals surface area contributed by atoms with Crippen molar-refractivity contribution in [1.82, 2.24) is 14.7 Å². The number of rotatable bonds is 3. The van der Waals surface area contributed by atoms with E-state index in [0.717, 1.165) is 0 Å². The maximum Gasteiger partial charge on any atom is 0.308 e. The van der Waals surface area contributed by atoms with Crippen molar-refractivity contribution < 1.29 is 14.7 Å². The molecule has 0 spiro atoms. The molecule has 1 aliphatic rings. The Morgan fingerprint density at radius 2 is 1.89 bits per heavy atom. The van der Waals surface area contributed by atoms with E-state index in [1.54, 1.807) is 21.8 Å². The van der Waals surface area contributed by atoms with Gasteiger partial charge in [-0.05, 0) is 32.8 Å². The summed E-state index contributed by atoms with van der Waals surface area (Å²) in [5, 5.41) is 14.5. The number of carbonyl (C=O) groups is 2. The molecule has 1 saturated heterocycles. The minimum Gasteiger partial charge on any atom is -0.481 e. The van der Waals surface area contributed by atoms with Crippen LogP contribution in [0.1, 0.15) is 38.1 Å². The zero-order chi connectivity index (χ0) is 19.9. The number of hydrogen-bond donors (Lipinski definition) is 1. The highest BCUT2D eigenvalue weighted by atomic mass is 35.5. The molecule has 0 saturated carbocycles. The average molecular weight is 390 g/mol. The van der Waals surface area contributed by atoms with Gasteiger partial charge in [-0.15, -0.1) is 0 Å². The Morgan fingerprint density at radius 1 is 1.22 bits per heavy atom. The van der Waals surface area contributed by atoms with Gasteiger partial charge in [0.15, 0.2) is 0 Å².